The molecule has 0 bridgehead atoms. The van der Waals surface area contributed by atoms with Crippen molar-refractivity contribution >= 4 is 23.3 Å². The second-order valence-corrected chi connectivity index (χ2v) is 4.95. The molecule has 1 aromatic carbocycles. The van der Waals surface area contributed by atoms with E-state index in [1.807, 2.05) is 0 Å². The third-order valence-corrected chi connectivity index (χ3v) is 3.55. The lowest BCUT2D eigenvalue weighted by Crippen LogP contribution is -2.11. The molecule has 3 nitrogen and oxygen atoms in total. The van der Waals surface area contributed by atoms with Crippen molar-refractivity contribution in [1.29, 1.82) is 0 Å². The lowest BCUT2D eigenvalue weighted by Gasteiger charge is -2.13. The molecule has 0 radical (unpaired) electrons. The summed E-state index contributed by atoms with van der Waals surface area (Å²) in [4.78, 5) is 6.90. The Morgan fingerprint density at radius 1 is 1.19 bits per heavy atom. The fourth-order valence-corrected chi connectivity index (χ4v) is 2.55. The van der Waals surface area contributed by atoms with E-state index in [4.69, 9.17) is 12.2 Å². The van der Waals surface area contributed by atoms with Crippen LogP contribution in [-0.2, 0) is 12.7 Å². The maximum atomic E-state index is 13.0. The van der Waals surface area contributed by atoms with Crippen LogP contribution < -0.4 is 0 Å². The highest BCUT2D eigenvalue weighted by Crippen LogP contribution is 2.32. The van der Waals surface area contributed by atoms with E-state index in [2.05, 4.69) is 9.97 Å². The van der Waals surface area contributed by atoms with Crippen molar-refractivity contribution < 1.29 is 13.2 Å². The van der Waals surface area contributed by atoms with Crippen LogP contribution >= 0.6 is 12.2 Å². The van der Waals surface area contributed by atoms with Crippen molar-refractivity contribution in [3.05, 3.63) is 58.6 Å². The number of H-pyrrole nitrogens is 1. The standard InChI is InChI=1S/C14H10F3N3S/c15-14(16,17)10-4-2-1-3-9(10)8-20-12-5-6-18-7-11(12)19-13(20)21/h1-7H,8H2,(H,19,21). The summed E-state index contributed by atoms with van der Waals surface area (Å²) in [6.45, 7) is 0.0541. The number of aromatic nitrogens is 3. The number of nitrogens with one attached hydrogen (secondary N) is 1. The predicted molar refractivity (Wildman–Crippen MR) is 75.5 cm³/mol. The van der Waals surface area contributed by atoms with Crippen LogP contribution in [0.1, 0.15) is 11.1 Å². The molecule has 0 aliphatic carbocycles. The Morgan fingerprint density at radius 2 is 1.95 bits per heavy atom. The number of imidazole rings is 1. The molecule has 0 saturated carbocycles. The van der Waals surface area contributed by atoms with Crippen LogP contribution in [0.4, 0.5) is 13.2 Å². The van der Waals surface area contributed by atoms with Crippen LogP contribution in [0.5, 0.6) is 0 Å². The van der Waals surface area contributed by atoms with Crippen LogP contribution in [0.2, 0.25) is 0 Å². The largest absolute Gasteiger partial charge is 0.416 e. The molecular formula is C14H10F3N3S. The topological polar surface area (TPSA) is 33.6 Å². The number of alkyl halides is 3. The lowest BCUT2D eigenvalue weighted by atomic mass is 10.1. The number of fused-ring (bicyclic) bond motifs is 1. The number of pyridine rings is 1. The van der Waals surface area contributed by atoms with Crippen LogP contribution in [0.15, 0.2) is 42.7 Å². The smallest absolute Gasteiger partial charge is 0.329 e. The normalized spacial score (nSPS) is 12.0. The van der Waals surface area contributed by atoms with Gasteiger partial charge in [0.1, 0.15) is 0 Å². The predicted octanol–water partition coefficient (Wildman–Crippen LogP) is 4.16. The lowest BCUT2D eigenvalue weighted by molar-refractivity contribution is -0.138. The molecule has 3 aromatic rings. The van der Waals surface area contributed by atoms with Gasteiger partial charge in [0.05, 0.1) is 29.3 Å². The zero-order valence-electron chi connectivity index (χ0n) is 10.7. The molecule has 2 heterocycles. The van der Waals surface area contributed by atoms with Gasteiger partial charge in [0, 0.05) is 6.20 Å². The van der Waals surface area contributed by atoms with E-state index in [-0.39, 0.29) is 12.1 Å². The second kappa shape index (κ2) is 5.00. The fourth-order valence-electron chi connectivity index (χ4n) is 2.27. The van der Waals surface area contributed by atoms with Crippen molar-refractivity contribution in [1.82, 2.24) is 14.5 Å². The quantitative estimate of drug-likeness (QED) is 0.721. The van der Waals surface area contributed by atoms with Gasteiger partial charge in [-0.3, -0.25) is 4.98 Å². The van der Waals surface area contributed by atoms with Gasteiger partial charge in [-0.25, -0.2) is 0 Å². The Bertz CT molecular complexity index is 848. The van der Waals surface area contributed by atoms with Crippen molar-refractivity contribution in [3.63, 3.8) is 0 Å². The minimum atomic E-state index is -4.38. The van der Waals surface area contributed by atoms with Crippen molar-refractivity contribution in [2.45, 2.75) is 12.7 Å². The van der Waals surface area contributed by atoms with Gasteiger partial charge in [0.2, 0.25) is 0 Å². The third-order valence-electron chi connectivity index (χ3n) is 3.23. The highest BCUT2D eigenvalue weighted by atomic mass is 32.1. The number of rotatable bonds is 2. The molecule has 0 fully saturated rings. The molecule has 0 aliphatic rings. The number of halogens is 3. The number of hydrogen-bond acceptors (Lipinski definition) is 2. The van der Waals surface area contributed by atoms with E-state index in [1.54, 1.807) is 29.1 Å². The third kappa shape index (κ3) is 2.56. The molecule has 0 amide bonds. The molecular weight excluding hydrogens is 299 g/mol. The molecule has 21 heavy (non-hydrogen) atoms. The van der Waals surface area contributed by atoms with Gasteiger partial charge in [-0.1, -0.05) is 18.2 Å². The van der Waals surface area contributed by atoms with Gasteiger partial charge in [-0.15, -0.1) is 0 Å². The second-order valence-electron chi connectivity index (χ2n) is 4.56. The summed E-state index contributed by atoms with van der Waals surface area (Å²) in [5, 5.41) is 0. The molecule has 3 rings (SSSR count). The molecule has 108 valence electrons. The maximum absolute atomic E-state index is 13.0. The molecule has 1 N–H and O–H groups in total. The van der Waals surface area contributed by atoms with Crippen LogP contribution in [0.25, 0.3) is 11.0 Å². The van der Waals surface area contributed by atoms with Crippen LogP contribution in [0, 0.1) is 4.77 Å². The number of aromatic amines is 1. The summed E-state index contributed by atoms with van der Waals surface area (Å²) >= 11 is 5.19. The molecule has 0 aliphatic heterocycles. The maximum Gasteiger partial charge on any atom is 0.416 e. The van der Waals surface area contributed by atoms with E-state index in [9.17, 15) is 13.2 Å². The number of hydrogen-bond donors (Lipinski definition) is 1. The zero-order valence-corrected chi connectivity index (χ0v) is 11.5. The summed E-state index contributed by atoms with van der Waals surface area (Å²) in [5.41, 5.74) is 0.966. The highest BCUT2D eigenvalue weighted by Gasteiger charge is 2.32. The summed E-state index contributed by atoms with van der Waals surface area (Å²) < 4.78 is 41.1. The molecule has 0 unspecified atom stereocenters. The minimum absolute atomic E-state index is 0.0541. The van der Waals surface area contributed by atoms with Gasteiger partial charge in [0.25, 0.3) is 0 Å². The Kier molecular flexibility index (Phi) is 3.29. The SMILES string of the molecule is FC(F)(F)c1ccccc1Cn1c(=S)[nH]c2cnccc21. The van der Waals surface area contributed by atoms with Crippen molar-refractivity contribution in [2.75, 3.05) is 0 Å². The average molecular weight is 309 g/mol. The first-order valence-electron chi connectivity index (χ1n) is 6.14. The van der Waals surface area contributed by atoms with Gasteiger partial charge in [-0.05, 0) is 29.9 Å². The number of nitrogens with zero attached hydrogens (tertiary/aromatic N) is 2. The fraction of sp³-hybridized carbons (Fsp3) is 0.143. The minimum Gasteiger partial charge on any atom is -0.329 e. The van der Waals surface area contributed by atoms with Crippen LogP contribution in [-0.4, -0.2) is 14.5 Å². The Morgan fingerprint density at radius 3 is 2.71 bits per heavy atom. The first-order valence-corrected chi connectivity index (χ1v) is 6.55. The van der Waals surface area contributed by atoms with E-state index >= 15 is 0 Å². The first-order chi connectivity index (χ1) is 9.97. The molecule has 2 aromatic heterocycles. The summed E-state index contributed by atoms with van der Waals surface area (Å²) in [6.07, 6.45) is -1.21. The van der Waals surface area contributed by atoms with Crippen molar-refractivity contribution in [3.8, 4) is 0 Å². The van der Waals surface area contributed by atoms with Gasteiger partial charge < -0.3 is 9.55 Å². The Labute approximate surface area is 123 Å². The summed E-state index contributed by atoms with van der Waals surface area (Å²) in [7, 11) is 0. The Hall–Kier alpha value is -2.15. The monoisotopic (exact) mass is 309 g/mol. The first kappa shape index (κ1) is 13.8. The zero-order chi connectivity index (χ0) is 15.0. The highest BCUT2D eigenvalue weighted by molar-refractivity contribution is 7.71. The molecule has 0 atom stereocenters. The molecule has 0 spiro atoms. The summed E-state index contributed by atoms with van der Waals surface area (Å²) in [5.74, 6) is 0. The average Bonchev–Trinajstić information content (AvgIpc) is 2.75. The van der Waals surface area contributed by atoms with Crippen LogP contribution in [0.3, 0.4) is 0 Å². The number of benzene rings is 1. The van der Waals surface area contributed by atoms with Gasteiger partial charge in [0.15, 0.2) is 4.77 Å². The van der Waals surface area contributed by atoms with E-state index < -0.39 is 11.7 Å². The molecule has 7 heteroatoms. The van der Waals surface area contributed by atoms with E-state index in [0.717, 1.165) is 11.6 Å². The van der Waals surface area contributed by atoms with Crippen molar-refractivity contribution in [2.24, 2.45) is 0 Å². The molecule has 0 saturated heterocycles. The summed E-state index contributed by atoms with van der Waals surface area (Å²) in [6, 6.07) is 7.23. The van der Waals surface area contributed by atoms with E-state index in [0.29, 0.717) is 10.3 Å². The van der Waals surface area contributed by atoms with Gasteiger partial charge >= 0.3 is 6.18 Å². The van der Waals surface area contributed by atoms with Gasteiger partial charge in [-0.2, -0.15) is 13.2 Å². The van der Waals surface area contributed by atoms with E-state index in [1.165, 1.54) is 12.1 Å². The Balaban J connectivity index is 2.12.